The standard InChI is InChI=1S/C4H6ClN/c5-4-2-1-3-6-4/h3-4H,1-2H2. The summed E-state index contributed by atoms with van der Waals surface area (Å²) in [6.45, 7) is 0. The van der Waals surface area contributed by atoms with Crippen LogP contribution >= 0.6 is 11.6 Å². The molecule has 0 N–H and O–H groups in total. The van der Waals surface area contributed by atoms with Crippen molar-refractivity contribution in [3.8, 4) is 0 Å². The smallest absolute Gasteiger partial charge is 0.123 e. The van der Waals surface area contributed by atoms with Crippen molar-refractivity contribution in [3.05, 3.63) is 0 Å². The van der Waals surface area contributed by atoms with Crippen LogP contribution in [0.15, 0.2) is 4.99 Å². The molecule has 0 radical (unpaired) electrons. The maximum Gasteiger partial charge on any atom is 0.123 e. The van der Waals surface area contributed by atoms with Gasteiger partial charge in [0.2, 0.25) is 0 Å². The van der Waals surface area contributed by atoms with Gasteiger partial charge in [-0.1, -0.05) is 11.6 Å². The third-order valence-electron chi connectivity index (χ3n) is 0.801. The lowest BCUT2D eigenvalue weighted by molar-refractivity contribution is 0.881. The van der Waals surface area contributed by atoms with Gasteiger partial charge in [0.25, 0.3) is 0 Å². The third-order valence-corrected chi connectivity index (χ3v) is 1.13. The summed E-state index contributed by atoms with van der Waals surface area (Å²) in [6.07, 6.45) is 3.97. The fraction of sp³-hybridized carbons (Fsp3) is 0.750. The molecule has 0 aliphatic carbocycles. The number of rotatable bonds is 0. The van der Waals surface area contributed by atoms with Crippen LogP contribution in [0.4, 0.5) is 0 Å². The SMILES string of the molecule is ClC1CCC=N1. The number of aliphatic imine (C=N–C) groups is 1. The summed E-state index contributed by atoms with van der Waals surface area (Å²) >= 11 is 5.51. The normalized spacial score (nSPS) is 31.8. The van der Waals surface area contributed by atoms with Gasteiger partial charge in [-0.05, 0) is 12.8 Å². The van der Waals surface area contributed by atoms with E-state index in [9.17, 15) is 0 Å². The van der Waals surface area contributed by atoms with Crippen molar-refractivity contribution in [3.63, 3.8) is 0 Å². The van der Waals surface area contributed by atoms with Crippen LogP contribution in [0, 0.1) is 0 Å². The second kappa shape index (κ2) is 1.61. The van der Waals surface area contributed by atoms with Crippen LogP contribution in [-0.4, -0.2) is 11.7 Å². The fourth-order valence-corrected chi connectivity index (χ4v) is 0.681. The molecule has 0 amide bonds. The maximum absolute atomic E-state index is 5.51. The lowest BCUT2D eigenvalue weighted by Crippen LogP contribution is -1.80. The van der Waals surface area contributed by atoms with Crippen LogP contribution in [0.25, 0.3) is 0 Å². The first kappa shape index (κ1) is 4.13. The predicted octanol–water partition coefficient (Wildman–Crippen LogP) is 1.42. The van der Waals surface area contributed by atoms with Gasteiger partial charge in [-0.25, -0.2) is 0 Å². The molecule has 0 aromatic carbocycles. The number of hydrogen-bond donors (Lipinski definition) is 0. The largest absolute Gasteiger partial charge is 0.278 e. The molecule has 1 atom stereocenters. The second-order valence-corrected chi connectivity index (χ2v) is 1.85. The Morgan fingerprint density at radius 1 is 1.83 bits per heavy atom. The Morgan fingerprint density at radius 2 is 2.67 bits per heavy atom. The fourth-order valence-electron chi connectivity index (χ4n) is 0.476. The van der Waals surface area contributed by atoms with Crippen molar-refractivity contribution in [1.82, 2.24) is 0 Å². The summed E-state index contributed by atoms with van der Waals surface area (Å²) in [6, 6.07) is 0. The van der Waals surface area contributed by atoms with Crippen molar-refractivity contribution in [1.29, 1.82) is 0 Å². The van der Waals surface area contributed by atoms with E-state index in [1.165, 1.54) is 0 Å². The van der Waals surface area contributed by atoms with E-state index in [2.05, 4.69) is 4.99 Å². The zero-order valence-corrected chi connectivity index (χ0v) is 4.15. The van der Waals surface area contributed by atoms with E-state index in [1.807, 2.05) is 6.21 Å². The Morgan fingerprint density at radius 3 is 2.83 bits per heavy atom. The zero-order chi connectivity index (χ0) is 4.41. The average molecular weight is 104 g/mol. The monoisotopic (exact) mass is 103 g/mol. The van der Waals surface area contributed by atoms with Gasteiger partial charge in [-0.2, -0.15) is 0 Å². The van der Waals surface area contributed by atoms with Crippen molar-refractivity contribution in [2.45, 2.75) is 18.3 Å². The highest BCUT2D eigenvalue weighted by Gasteiger charge is 2.02. The van der Waals surface area contributed by atoms with Crippen LogP contribution < -0.4 is 0 Å². The molecular formula is C4H6ClN. The molecule has 1 aliphatic rings. The van der Waals surface area contributed by atoms with Crippen LogP contribution in [-0.2, 0) is 0 Å². The van der Waals surface area contributed by atoms with Crippen molar-refractivity contribution < 1.29 is 0 Å². The first-order valence-corrected chi connectivity index (χ1v) is 2.49. The van der Waals surface area contributed by atoms with Crippen molar-refractivity contribution in [2.75, 3.05) is 0 Å². The van der Waals surface area contributed by atoms with Gasteiger partial charge in [0.1, 0.15) is 5.50 Å². The van der Waals surface area contributed by atoms with Crippen LogP contribution in [0.1, 0.15) is 12.8 Å². The Bertz CT molecular complexity index is 69.9. The zero-order valence-electron chi connectivity index (χ0n) is 3.39. The van der Waals surface area contributed by atoms with Crippen LogP contribution in [0.3, 0.4) is 0 Å². The highest BCUT2D eigenvalue weighted by Crippen LogP contribution is 2.10. The Balaban J connectivity index is 2.38. The molecule has 1 rings (SSSR count). The Kier molecular flexibility index (Phi) is 1.10. The molecule has 6 heavy (non-hydrogen) atoms. The number of alkyl halides is 1. The molecule has 2 heteroatoms. The molecule has 0 saturated carbocycles. The Hall–Kier alpha value is -0.0400. The highest BCUT2D eigenvalue weighted by molar-refractivity contribution is 6.21. The molecule has 1 heterocycles. The van der Waals surface area contributed by atoms with Crippen molar-refractivity contribution >= 4 is 17.8 Å². The van der Waals surface area contributed by atoms with E-state index < -0.39 is 0 Å². The highest BCUT2D eigenvalue weighted by atomic mass is 35.5. The molecule has 1 aliphatic heterocycles. The van der Waals surface area contributed by atoms with E-state index >= 15 is 0 Å². The summed E-state index contributed by atoms with van der Waals surface area (Å²) in [5.74, 6) is 0. The van der Waals surface area contributed by atoms with Gasteiger partial charge in [-0.15, -0.1) is 0 Å². The minimum Gasteiger partial charge on any atom is -0.278 e. The molecule has 0 spiro atoms. The molecule has 1 unspecified atom stereocenters. The van der Waals surface area contributed by atoms with E-state index in [0.29, 0.717) is 0 Å². The molecular weight excluding hydrogens is 97.5 g/mol. The Labute approximate surface area is 42.0 Å². The molecule has 1 nitrogen and oxygen atoms in total. The lowest BCUT2D eigenvalue weighted by atomic mass is 10.4. The quantitative estimate of drug-likeness (QED) is 0.325. The summed E-state index contributed by atoms with van der Waals surface area (Å²) in [4.78, 5) is 3.88. The minimum absolute atomic E-state index is 0.0880. The van der Waals surface area contributed by atoms with Gasteiger partial charge in [0, 0.05) is 6.21 Å². The van der Waals surface area contributed by atoms with Crippen LogP contribution in [0.5, 0.6) is 0 Å². The van der Waals surface area contributed by atoms with Crippen molar-refractivity contribution in [2.24, 2.45) is 4.99 Å². The second-order valence-electron chi connectivity index (χ2n) is 1.34. The van der Waals surface area contributed by atoms with Crippen LogP contribution in [0.2, 0.25) is 0 Å². The number of halogens is 1. The van der Waals surface area contributed by atoms with Gasteiger partial charge < -0.3 is 0 Å². The molecule has 0 aromatic rings. The summed E-state index contributed by atoms with van der Waals surface area (Å²) in [7, 11) is 0. The predicted molar refractivity (Wildman–Crippen MR) is 27.4 cm³/mol. The van der Waals surface area contributed by atoms with E-state index in [0.717, 1.165) is 12.8 Å². The van der Waals surface area contributed by atoms with Gasteiger partial charge in [0.15, 0.2) is 0 Å². The first-order valence-electron chi connectivity index (χ1n) is 2.05. The molecule has 0 aromatic heterocycles. The molecule has 0 bridgehead atoms. The summed E-state index contributed by atoms with van der Waals surface area (Å²) in [5, 5.41) is 0. The molecule has 34 valence electrons. The van der Waals surface area contributed by atoms with Gasteiger partial charge >= 0.3 is 0 Å². The topological polar surface area (TPSA) is 12.4 Å². The van der Waals surface area contributed by atoms with E-state index in [4.69, 9.17) is 11.6 Å². The number of hydrogen-bond acceptors (Lipinski definition) is 1. The van der Waals surface area contributed by atoms with Gasteiger partial charge in [-0.3, -0.25) is 4.99 Å². The average Bonchev–Trinajstić information content (AvgIpc) is 1.86. The van der Waals surface area contributed by atoms with Gasteiger partial charge in [0.05, 0.1) is 0 Å². The minimum atomic E-state index is 0.0880. The molecule has 0 fully saturated rings. The van der Waals surface area contributed by atoms with E-state index in [-0.39, 0.29) is 5.50 Å². The summed E-state index contributed by atoms with van der Waals surface area (Å²) in [5.41, 5.74) is 0.0880. The maximum atomic E-state index is 5.51. The first-order chi connectivity index (χ1) is 2.89. The molecule has 0 saturated heterocycles. The number of nitrogens with zero attached hydrogens (tertiary/aromatic N) is 1. The third kappa shape index (κ3) is 0.716. The summed E-state index contributed by atoms with van der Waals surface area (Å²) < 4.78 is 0. The lowest BCUT2D eigenvalue weighted by Gasteiger charge is -1.85. The van der Waals surface area contributed by atoms with E-state index in [1.54, 1.807) is 0 Å².